The van der Waals surface area contributed by atoms with Crippen molar-refractivity contribution in [1.29, 1.82) is 0 Å². The third-order valence-corrected chi connectivity index (χ3v) is 8.31. The van der Waals surface area contributed by atoms with Crippen LogP contribution >= 0.6 is 11.8 Å². The summed E-state index contributed by atoms with van der Waals surface area (Å²) in [7, 11) is 3.24. The Morgan fingerprint density at radius 1 is 0.952 bits per heavy atom. The normalized spacial score (nSPS) is 15.1. The maximum absolute atomic E-state index is 13.0. The quantitative estimate of drug-likeness (QED) is 0.174. The van der Waals surface area contributed by atoms with E-state index >= 15 is 0 Å². The van der Waals surface area contributed by atoms with Gasteiger partial charge in [-0.05, 0) is 80.4 Å². The number of hydrogen-bond donors (Lipinski definition) is 0. The van der Waals surface area contributed by atoms with Crippen molar-refractivity contribution in [3.63, 3.8) is 0 Å². The average Bonchev–Trinajstić information content (AvgIpc) is 3.71. The van der Waals surface area contributed by atoms with Gasteiger partial charge in [-0.1, -0.05) is 11.8 Å². The minimum Gasteiger partial charge on any atom is -0.497 e. The molecule has 1 aliphatic rings. The van der Waals surface area contributed by atoms with Crippen LogP contribution in [0, 0.1) is 0 Å². The molecular weight excluding hydrogens is 554 g/mol. The van der Waals surface area contributed by atoms with Crippen LogP contribution in [0.5, 0.6) is 11.5 Å². The molecule has 11 heteroatoms. The number of hydrogen-bond acceptors (Lipinski definition) is 8. The first-order valence-electron chi connectivity index (χ1n) is 14.0. The van der Waals surface area contributed by atoms with Crippen LogP contribution in [0.1, 0.15) is 36.5 Å². The number of aromatic nitrogens is 3. The van der Waals surface area contributed by atoms with Crippen LogP contribution in [0.3, 0.4) is 0 Å². The standard InChI is InChI=1S/C31H35N5O5S/c1-22-21-34(17-18-35(22)30(38)23-9-13-25(39-2)14-10-23)28(37)8-4-5-20-42-31-33-32-29(27-7-6-19-41-27)36(31)24-11-15-26(40-3)16-12-24/h6-7,9-16,19,22H,4-5,8,17-18,20-21H2,1-3H3. The number of amides is 2. The number of ether oxygens (including phenoxy) is 2. The summed E-state index contributed by atoms with van der Waals surface area (Å²) in [5.41, 5.74) is 1.53. The Labute approximate surface area is 249 Å². The summed E-state index contributed by atoms with van der Waals surface area (Å²) in [5, 5.41) is 9.57. The van der Waals surface area contributed by atoms with Crippen LogP contribution in [-0.4, -0.2) is 82.0 Å². The first-order valence-corrected chi connectivity index (χ1v) is 15.0. The summed E-state index contributed by atoms with van der Waals surface area (Å²) in [6.07, 6.45) is 3.72. The zero-order chi connectivity index (χ0) is 29.5. The molecule has 5 rings (SSSR count). The van der Waals surface area contributed by atoms with Crippen LogP contribution in [0.25, 0.3) is 17.3 Å². The number of benzene rings is 2. The van der Waals surface area contributed by atoms with Gasteiger partial charge in [0.05, 0.1) is 26.2 Å². The van der Waals surface area contributed by atoms with Gasteiger partial charge in [-0.15, -0.1) is 10.2 Å². The van der Waals surface area contributed by atoms with Crippen LogP contribution in [-0.2, 0) is 4.79 Å². The molecule has 10 nitrogen and oxygen atoms in total. The molecule has 2 aromatic heterocycles. The summed E-state index contributed by atoms with van der Waals surface area (Å²) < 4.78 is 18.1. The van der Waals surface area contributed by atoms with Gasteiger partial charge in [0.25, 0.3) is 5.91 Å². The Morgan fingerprint density at radius 3 is 2.31 bits per heavy atom. The molecule has 1 fully saturated rings. The van der Waals surface area contributed by atoms with Crippen LogP contribution in [0.2, 0.25) is 0 Å². The Balaban J connectivity index is 1.11. The second-order valence-corrected chi connectivity index (χ2v) is 11.1. The van der Waals surface area contributed by atoms with Gasteiger partial charge in [0.1, 0.15) is 11.5 Å². The van der Waals surface area contributed by atoms with Crippen molar-refractivity contribution in [3.05, 3.63) is 72.5 Å². The lowest BCUT2D eigenvalue weighted by Crippen LogP contribution is -2.55. The monoisotopic (exact) mass is 589 g/mol. The smallest absolute Gasteiger partial charge is 0.254 e. The van der Waals surface area contributed by atoms with E-state index in [-0.39, 0.29) is 17.9 Å². The van der Waals surface area contributed by atoms with E-state index in [2.05, 4.69) is 10.2 Å². The van der Waals surface area contributed by atoms with E-state index in [1.165, 1.54) is 0 Å². The van der Waals surface area contributed by atoms with Crippen LogP contribution in [0.15, 0.2) is 76.5 Å². The summed E-state index contributed by atoms with van der Waals surface area (Å²) in [6.45, 7) is 3.59. The molecule has 0 bridgehead atoms. The second-order valence-electron chi connectivity index (χ2n) is 10.0. The molecule has 1 saturated heterocycles. The fraction of sp³-hybridized carbons (Fsp3) is 0.355. The third-order valence-electron chi connectivity index (χ3n) is 7.30. The average molecular weight is 590 g/mol. The number of piperazine rings is 1. The second kappa shape index (κ2) is 13.6. The molecule has 3 heterocycles. The minimum atomic E-state index is -0.0551. The Kier molecular flexibility index (Phi) is 9.48. The van der Waals surface area contributed by atoms with E-state index in [0.717, 1.165) is 35.2 Å². The van der Waals surface area contributed by atoms with E-state index in [1.54, 1.807) is 56.5 Å². The molecule has 1 unspecified atom stereocenters. The molecule has 0 N–H and O–H groups in total. The highest BCUT2D eigenvalue weighted by molar-refractivity contribution is 7.99. The molecule has 4 aromatic rings. The van der Waals surface area contributed by atoms with E-state index in [9.17, 15) is 9.59 Å². The van der Waals surface area contributed by atoms with Crippen molar-refractivity contribution in [3.8, 4) is 28.8 Å². The predicted octanol–water partition coefficient (Wildman–Crippen LogP) is 5.18. The number of methoxy groups -OCH3 is 2. The summed E-state index contributed by atoms with van der Waals surface area (Å²) in [6, 6.07) is 18.5. The fourth-order valence-electron chi connectivity index (χ4n) is 4.98. The van der Waals surface area contributed by atoms with Gasteiger partial charge in [0.2, 0.25) is 11.7 Å². The molecule has 1 atom stereocenters. The van der Waals surface area contributed by atoms with E-state index in [0.29, 0.717) is 49.0 Å². The summed E-state index contributed by atoms with van der Waals surface area (Å²) >= 11 is 1.60. The number of rotatable bonds is 11. The number of furan rings is 1. The lowest BCUT2D eigenvalue weighted by Gasteiger charge is -2.40. The van der Waals surface area contributed by atoms with E-state index < -0.39 is 0 Å². The highest BCUT2D eigenvalue weighted by Crippen LogP contribution is 2.30. The maximum Gasteiger partial charge on any atom is 0.254 e. The van der Waals surface area contributed by atoms with Gasteiger partial charge in [-0.25, -0.2) is 0 Å². The van der Waals surface area contributed by atoms with Crippen LogP contribution < -0.4 is 9.47 Å². The fourth-order valence-corrected chi connectivity index (χ4v) is 5.93. The topological polar surface area (TPSA) is 103 Å². The number of unbranched alkanes of at least 4 members (excludes halogenated alkanes) is 1. The van der Waals surface area contributed by atoms with Crippen molar-refractivity contribution < 1.29 is 23.5 Å². The zero-order valence-electron chi connectivity index (χ0n) is 24.1. The van der Waals surface area contributed by atoms with Gasteiger partial charge >= 0.3 is 0 Å². The number of carbonyl (C=O) groups excluding carboxylic acids is 2. The number of thioether (sulfide) groups is 1. The van der Waals surface area contributed by atoms with Crippen molar-refractivity contribution >= 4 is 23.6 Å². The lowest BCUT2D eigenvalue weighted by atomic mass is 10.1. The van der Waals surface area contributed by atoms with E-state index in [1.807, 2.05) is 57.7 Å². The van der Waals surface area contributed by atoms with Gasteiger partial charge in [-0.2, -0.15) is 0 Å². The van der Waals surface area contributed by atoms with Gasteiger partial charge < -0.3 is 23.7 Å². The molecule has 0 saturated carbocycles. The molecule has 1 aliphatic heterocycles. The highest BCUT2D eigenvalue weighted by Gasteiger charge is 2.30. The summed E-state index contributed by atoms with van der Waals surface area (Å²) in [5.74, 6) is 3.64. The van der Waals surface area contributed by atoms with Gasteiger partial charge in [0.15, 0.2) is 10.9 Å². The van der Waals surface area contributed by atoms with Gasteiger partial charge in [0, 0.05) is 43.4 Å². The van der Waals surface area contributed by atoms with Gasteiger partial charge in [-0.3, -0.25) is 14.2 Å². The molecule has 0 spiro atoms. The summed E-state index contributed by atoms with van der Waals surface area (Å²) in [4.78, 5) is 29.7. The predicted molar refractivity (Wildman–Crippen MR) is 160 cm³/mol. The molecule has 42 heavy (non-hydrogen) atoms. The zero-order valence-corrected chi connectivity index (χ0v) is 24.9. The molecule has 2 amide bonds. The Hall–Kier alpha value is -4.25. The van der Waals surface area contributed by atoms with Crippen molar-refractivity contribution in [1.82, 2.24) is 24.6 Å². The molecule has 0 radical (unpaired) electrons. The van der Waals surface area contributed by atoms with Crippen molar-refractivity contribution in [2.75, 3.05) is 39.6 Å². The SMILES string of the molecule is COc1ccc(C(=O)N2CCN(C(=O)CCCCSc3nnc(-c4ccco4)n3-c3ccc(OC)cc3)CC2C)cc1. The van der Waals surface area contributed by atoms with Crippen molar-refractivity contribution in [2.45, 2.75) is 37.4 Å². The third kappa shape index (κ3) is 6.62. The maximum atomic E-state index is 13.0. The van der Waals surface area contributed by atoms with Crippen LogP contribution in [0.4, 0.5) is 0 Å². The largest absolute Gasteiger partial charge is 0.497 e. The van der Waals surface area contributed by atoms with E-state index in [4.69, 9.17) is 13.9 Å². The minimum absolute atomic E-state index is 0.0213. The first kappa shape index (κ1) is 29.2. The first-order chi connectivity index (χ1) is 20.5. The van der Waals surface area contributed by atoms with Crippen molar-refractivity contribution in [2.24, 2.45) is 0 Å². The Bertz CT molecular complexity index is 1470. The number of nitrogens with zero attached hydrogens (tertiary/aromatic N) is 5. The molecular formula is C31H35N5O5S. The lowest BCUT2D eigenvalue weighted by molar-refractivity contribution is -0.133. The number of carbonyl (C=O) groups is 2. The molecule has 2 aromatic carbocycles. The molecule has 220 valence electrons. The highest BCUT2D eigenvalue weighted by atomic mass is 32.2. The Morgan fingerprint density at radius 2 is 1.67 bits per heavy atom. The molecule has 0 aliphatic carbocycles.